The lowest BCUT2D eigenvalue weighted by molar-refractivity contribution is 0.944. The van der Waals surface area contributed by atoms with Gasteiger partial charge in [-0.05, 0) is 16.7 Å². The first-order chi connectivity index (χ1) is 8.40. The number of rotatable bonds is 2. The number of fused-ring (bicyclic) bond motifs is 1. The summed E-state index contributed by atoms with van der Waals surface area (Å²) in [5, 5.41) is 3.34. The highest BCUT2D eigenvalue weighted by Crippen LogP contribution is 2.35. The van der Waals surface area contributed by atoms with Crippen LogP contribution >= 0.6 is 0 Å². The standard InChI is InChI=1S/C16H15N/c1-17-15-11-13-9-5-6-10-14(13)16(15)12-7-3-2-4-8-12/h2-10,17H,11H2,1H3. The Morgan fingerprint density at radius 3 is 2.35 bits per heavy atom. The van der Waals surface area contributed by atoms with Crippen molar-refractivity contribution in [1.82, 2.24) is 5.32 Å². The van der Waals surface area contributed by atoms with Crippen molar-refractivity contribution < 1.29 is 0 Å². The van der Waals surface area contributed by atoms with Gasteiger partial charge in [-0.15, -0.1) is 0 Å². The van der Waals surface area contributed by atoms with Gasteiger partial charge in [-0.25, -0.2) is 0 Å². The molecule has 1 nitrogen and oxygen atoms in total. The van der Waals surface area contributed by atoms with Crippen molar-refractivity contribution in [3.8, 4) is 0 Å². The van der Waals surface area contributed by atoms with Gasteiger partial charge in [0, 0.05) is 24.7 Å². The maximum Gasteiger partial charge on any atom is 0.0235 e. The summed E-state index contributed by atoms with van der Waals surface area (Å²) in [4.78, 5) is 0. The minimum atomic E-state index is 1.01. The van der Waals surface area contributed by atoms with Crippen LogP contribution < -0.4 is 5.32 Å². The Morgan fingerprint density at radius 1 is 0.882 bits per heavy atom. The van der Waals surface area contributed by atoms with Crippen LogP contribution in [0.4, 0.5) is 0 Å². The Kier molecular flexibility index (Phi) is 2.45. The predicted molar refractivity (Wildman–Crippen MR) is 71.7 cm³/mol. The molecule has 0 atom stereocenters. The zero-order valence-corrected chi connectivity index (χ0v) is 9.90. The van der Waals surface area contributed by atoms with Crippen LogP contribution in [0, 0.1) is 0 Å². The zero-order chi connectivity index (χ0) is 11.7. The fraction of sp³-hybridized carbons (Fsp3) is 0.125. The number of allylic oxidation sites excluding steroid dienone is 1. The molecule has 0 spiro atoms. The Labute approximate surface area is 102 Å². The second kappa shape index (κ2) is 4.10. The normalized spacial score (nSPS) is 13.7. The second-order valence-corrected chi connectivity index (χ2v) is 4.30. The minimum absolute atomic E-state index is 1.01. The van der Waals surface area contributed by atoms with E-state index in [4.69, 9.17) is 0 Å². The van der Waals surface area contributed by atoms with E-state index in [0.29, 0.717) is 0 Å². The van der Waals surface area contributed by atoms with Gasteiger partial charge in [-0.2, -0.15) is 0 Å². The maximum atomic E-state index is 3.34. The molecule has 0 unspecified atom stereocenters. The number of likely N-dealkylation sites (N-methyl/N-ethyl adjacent to an activating group) is 1. The molecule has 1 aliphatic carbocycles. The van der Waals surface area contributed by atoms with Crippen molar-refractivity contribution in [2.24, 2.45) is 0 Å². The first kappa shape index (κ1) is 10.2. The van der Waals surface area contributed by atoms with Crippen molar-refractivity contribution >= 4 is 5.57 Å². The third-order valence-electron chi connectivity index (χ3n) is 3.32. The SMILES string of the molecule is CNC1=C(c2ccccc2)c2ccccc2C1. The van der Waals surface area contributed by atoms with E-state index in [0.717, 1.165) is 6.42 Å². The number of nitrogens with one attached hydrogen (secondary N) is 1. The van der Waals surface area contributed by atoms with Crippen molar-refractivity contribution in [2.75, 3.05) is 7.05 Å². The lowest BCUT2D eigenvalue weighted by Gasteiger charge is -2.08. The Balaban J connectivity index is 2.19. The molecule has 84 valence electrons. The van der Waals surface area contributed by atoms with Crippen LogP contribution in [0.3, 0.4) is 0 Å². The molecule has 17 heavy (non-hydrogen) atoms. The van der Waals surface area contributed by atoms with E-state index in [2.05, 4.69) is 59.9 Å². The molecule has 1 N–H and O–H groups in total. The van der Waals surface area contributed by atoms with Crippen LogP contribution in [0.25, 0.3) is 5.57 Å². The van der Waals surface area contributed by atoms with Gasteiger partial charge in [0.1, 0.15) is 0 Å². The highest BCUT2D eigenvalue weighted by atomic mass is 14.8. The smallest absolute Gasteiger partial charge is 0.0235 e. The average Bonchev–Trinajstić information content (AvgIpc) is 2.78. The third kappa shape index (κ3) is 1.64. The van der Waals surface area contributed by atoms with Crippen LogP contribution in [0.5, 0.6) is 0 Å². The van der Waals surface area contributed by atoms with Gasteiger partial charge in [0.25, 0.3) is 0 Å². The Bertz CT molecular complexity index is 567. The second-order valence-electron chi connectivity index (χ2n) is 4.30. The summed E-state index contributed by atoms with van der Waals surface area (Å²) in [5.74, 6) is 0. The Hall–Kier alpha value is -2.02. The fourth-order valence-corrected chi connectivity index (χ4v) is 2.51. The quantitative estimate of drug-likeness (QED) is 0.821. The molecule has 0 heterocycles. The molecule has 2 aromatic carbocycles. The Morgan fingerprint density at radius 2 is 1.59 bits per heavy atom. The molecule has 0 saturated carbocycles. The highest BCUT2D eigenvalue weighted by molar-refractivity contribution is 5.86. The monoisotopic (exact) mass is 221 g/mol. The molecule has 1 aliphatic rings. The van der Waals surface area contributed by atoms with Crippen LogP contribution in [-0.2, 0) is 6.42 Å². The number of hydrogen-bond acceptors (Lipinski definition) is 1. The minimum Gasteiger partial charge on any atom is -0.391 e. The molecule has 0 fully saturated rings. The topological polar surface area (TPSA) is 12.0 Å². The van der Waals surface area contributed by atoms with Crippen molar-refractivity contribution in [1.29, 1.82) is 0 Å². The van der Waals surface area contributed by atoms with Gasteiger partial charge in [0.15, 0.2) is 0 Å². The lowest BCUT2D eigenvalue weighted by atomic mass is 9.99. The molecule has 0 aliphatic heterocycles. The van der Waals surface area contributed by atoms with E-state index >= 15 is 0 Å². The first-order valence-corrected chi connectivity index (χ1v) is 5.95. The summed E-state index contributed by atoms with van der Waals surface area (Å²) >= 11 is 0. The molecule has 0 saturated heterocycles. The summed E-state index contributed by atoms with van der Waals surface area (Å²) in [6.45, 7) is 0. The van der Waals surface area contributed by atoms with E-state index < -0.39 is 0 Å². The van der Waals surface area contributed by atoms with Crippen molar-refractivity contribution in [3.05, 3.63) is 77.0 Å². The zero-order valence-electron chi connectivity index (χ0n) is 9.90. The van der Waals surface area contributed by atoms with Crippen molar-refractivity contribution in [2.45, 2.75) is 6.42 Å². The fourth-order valence-electron chi connectivity index (χ4n) is 2.51. The van der Waals surface area contributed by atoms with Gasteiger partial charge in [0.2, 0.25) is 0 Å². The summed E-state index contributed by atoms with van der Waals surface area (Å²) in [5.41, 5.74) is 6.74. The summed E-state index contributed by atoms with van der Waals surface area (Å²) in [7, 11) is 2.00. The largest absolute Gasteiger partial charge is 0.391 e. The van der Waals surface area contributed by atoms with Crippen LogP contribution in [0.2, 0.25) is 0 Å². The van der Waals surface area contributed by atoms with Crippen LogP contribution in [-0.4, -0.2) is 7.05 Å². The van der Waals surface area contributed by atoms with Gasteiger partial charge >= 0.3 is 0 Å². The summed E-state index contributed by atoms with van der Waals surface area (Å²) in [6.07, 6.45) is 1.01. The molecular weight excluding hydrogens is 206 g/mol. The van der Waals surface area contributed by atoms with E-state index in [-0.39, 0.29) is 0 Å². The van der Waals surface area contributed by atoms with E-state index in [9.17, 15) is 0 Å². The highest BCUT2D eigenvalue weighted by Gasteiger charge is 2.20. The van der Waals surface area contributed by atoms with E-state index in [1.807, 2.05) is 7.05 Å². The molecule has 0 aromatic heterocycles. The predicted octanol–water partition coefficient (Wildman–Crippen LogP) is 3.22. The van der Waals surface area contributed by atoms with Crippen molar-refractivity contribution in [3.63, 3.8) is 0 Å². The lowest BCUT2D eigenvalue weighted by Crippen LogP contribution is -2.07. The molecule has 2 aromatic rings. The molecule has 1 heteroatoms. The van der Waals surface area contributed by atoms with E-state index in [1.165, 1.54) is 28.0 Å². The van der Waals surface area contributed by atoms with Gasteiger partial charge in [-0.3, -0.25) is 0 Å². The van der Waals surface area contributed by atoms with Gasteiger partial charge in [-0.1, -0.05) is 54.6 Å². The summed E-state index contributed by atoms with van der Waals surface area (Å²) < 4.78 is 0. The molecular formula is C16H15N. The molecule has 0 radical (unpaired) electrons. The van der Waals surface area contributed by atoms with Crippen LogP contribution in [0.1, 0.15) is 16.7 Å². The third-order valence-corrected chi connectivity index (χ3v) is 3.32. The number of hydrogen-bond donors (Lipinski definition) is 1. The number of benzene rings is 2. The average molecular weight is 221 g/mol. The molecule has 3 rings (SSSR count). The maximum absolute atomic E-state index is 3.34. The van der Waals surface area contributed by atoms with Crippen LogP contribution in [0.15, 0.2) is 60.3 Å². The molecule has 0 amide bonds. The summed E-state index contributed by atoms with van der Waals surface area (Å²) in [6, 6.07) is 19.2. The molecule has 0 bridgehead atoms. The van der Waals surface area contributed by atoms with E-state index in [1.54, 1.807) is 0 Å². The first-order valence-electron chi connectivity index (χ1n) is 5.95. The van der Waals surface area contributed by atoms with Gasteiger partial charge in [0.05, 0.1) is 0 Å². The van der Waals surface area contributed by atoms with Gasteiger partial charge < -0.3 is 5.32 Å².